The van der Waals surface area contributed by atoms with Crippen molar-refractivity contribution in [2.24, 2.45) is 0 Å². The van der Waals surface area contributed by atoms with Gasteiger partial charge in [0.25, 0.3) is 0 Å². The largest absolute Gasteiger partial charge is 0.292 e. The van der Waals surface area contributed by atoms with Crippen molar-refractivity contribution >= 4 is 17.4 Å². The van der Waals surface area contributed by atoms with Crippen molar-refractivity contribution in [2.75, 3.05) is 0 Å². The highest BCUT2D eigenvalue weighted by molar-refractivity contribution is 6.33. The van der Waals surface area contributed by atoms with Crippen LogP contribution in [0.5, 0.6) is 0 Å². The molecule has 0 fully saturated rings. The van der Waals surface area contributed by atoms with Gasteiger partial charge in [0.1, 0.15) is 11.2 Å². The minimum absolute atomic E-state index is 0.178. The van der Waals surface area contributed by atoms with Crippen LogP contribution >= 0.6 is 11.6 Å². The number of aryl methyl sites for hydroxylation is 1. The molecule has 2 rings (SSSR count). The normalized spacial score (nSPS) is 12.2. The lowest BCUT2D eigenvalue weighted by Crippen LogP contribution is -2.07. The second-order valence-corrected chi connectivity index (χ2v) is 4.58. The lowest BCUT2D eigenvalue weighted by Gasteiger charge is -2.09. The third kappa shape index (κ3) is 2.77. The van der Waals surface area contributed by atoms with Gasteiger partial charge in [-0.3, -0.25) is 4.79 Å². The fourth-order valence-corrected chi connectivity index (χ4v) is 1.92. The Balaban J connectivity index is 2.23. The Hall–Kier alpha value is -1.67. The number of halogens is 2. The van der Waals surface area contributed by atoms with Gasteiger partial charge in [-0.1, -0.05) is 42.0 Å². The maximum Gasteiger partial charge on any atom is 0.185 e. The first-order valence-corrected chi connectivity index (χ1v) is 6.02. The molecule has 0 amide bonds. The molecular formula is C15H12ClFO. The first-order valence-electron chi connectivity index (χ1n) is 5.58. The predicted octanol–water partition coefficient (Wildman–Crippen LogP) is 4.30. The molecule has 0 aliphatic carbocycles. The van der Waals surface area contributed by atoms with Crippen molar-refractivity contribution in [3.05, 3.63) is 71.0 Å². The molecule has 1 unspecified atom stereocenters. The first-order chi connectivity index (χ1) is 8.58. The number of Topliss-reactive ketones (excluding diaryl/α,β-unsaturated/α-hetero) is 1. The number of carbonyl (C=O) groups excluding carboxylic acids is 1. The molecule has 0 saturated carbocycles. The number of carbonyl (C=O) groups is 1. The number of alkyl halides is 1. The van der Waals surface area contributed by atoms with Crippen molar-refractivity contribution in [3.63, 3.8) is 0 Å². The van der Waals surface area contributed by atoms with Gasteiger partial charge in [-0.2, -0.15) is 0 Å². The molecule has 18 heavy (non-hydrogen) atoms. The third-order valence-corrected chi connectivity index (χ3v) is 3.18. The minimum atomic E-state index is -0.784. The summed E-state index contributed by atoms with van der Waals surface area (Å²) >= 11 is 6.11. The van der Waals surface area contributed by atoms with E-state index < -0.39 is 5.38 Å². The van der Waals surface area contributed by atoms with E-state index in [1.54, 1.807) is 12.1 Å². The number of hydrogen-bond donors (Lipinski definition) is 0. The summed E-state index contributed by atoms with van der Waals surface area (Å²) in [7, 11) is 0. The summed E-state index contributed by atoms with van der Waals surface area (Å²) in [6.45, 7) is 1.95. The van der Waals surface area contributed by atoms with E-state index in [-0.39, 0.29) is 11.6 Å². The molecule has 0 heterocycles. The van der Waals surface area contributed by atoms with Crippen molar-refractivity contribution in [1.82, 2.24) is 0 Å². The third-order valence-electron chi connectivity index (χ3n) is 2.73. The molecule has 2 aromatic rings. The summed E-state index contributed by atoms with van der Waals surface area (Å²) in [5, 5.41) is -0.784. The van der Waals surface area contributed by atoms with Crippen LogP contribution in [-0.2, 0) is 0 Å². The summed E-state index contributed by atoms with van der Waals surface area (Å²) in [4.78, 5) is 12.1. The van der Waals surface area contributed by atoms with Gasteiger partial charge in [-0.15, -0.1) is 11.6 Å². The molecule has 0 spiro atoms. The van der Waals surface area contributed by atoms with E-state index in [1.807, 2.05) is 19.1 Å². The molecule has 92 valence electrons. The van der Waals surface area contributed by atoms with E-state index in [0.29, 0.717) is 11.1 Å². The van der Waals surface area contributed by atoms with E-state index in [2.05, 4.69) is 0 Å². The monoisotopic (exact) mass is 262 g/mol. The van der Waals surface area contributed by atoms with Gasteiger partial charge in [0.2, 0.25) is 0 Å². The molecule has 0 aliphatic heterocycles. The van der Waals surface area contributed by atoms with E-state index in [9.17, 15) is 9.18 Å². The van der Waals surface area contributed by atoms with Crippen LogP contribution in [0.25, 0.3) is 0 Å². The van der Waals surface area contributed by atoms with Crippen LogP contribution in [0.4, 0.5) is 4.39 Å². The molecule has 0 saturated heterocycles. The molecule has 0 N–H and O–H groups in total. The number of rotatable bonds is 3. The standard InChI is InChI=1S/C15H12ClFO/c1-10-2-4-12(5-3-10)15(18)14(16)11-6-8-13(17)9-7-11/h2-9,14H,1H3. The Kier molecular flexibility index (Phi) is 3.78. The average Bonchev–Trinajstić information content (AvgIpc) is 2.39. The summed E-state index contributed by atoms with van der Waals surface area (Å²) in [5.41, 5.74) is 2.24. The smallest absolute Gasteiger partial charge is 0.185 e. The van der Waals surface area contributed by atoms with Crippen molar-refractivity contribution in [2.45, 2.75) is 12.3 Å². The van der Waals surface area contributed by atoms with Gasteiger partial charge in [0, 0.05) is 5.56 Å². The average molecular weight is 263 g/mol. The van der Waals surface area contributed by atoms with Crippen molar-refractivity contribution in [1.29, 1.82) is 0 Å². The number of ketones is 1. The van der Waals surface area contributed by atoms with Gasteiger partial charge in [0.15, 0.2) is 5.78 Å². The van der Waals surface area contributed by atoms with Crippen LogP contribution in [0.15, 0.2) is 48.5 Å². The number of hydrogen-bond acceptors (Lipinski definition) is 1. The maximum atomic E-state index is 12.8. The van der Waals surface area contributed by atoms with E-state index in [1.165, 1.54) is 24.3 Å². The van der Waals surface area contributed by atoms with Crippen molar-refractivity contribution < 1.29 is 9.18 Å². The van der Waals surface area contributed by atoms with Crippen LogP contribution in [0.1, 0.15) is 26.9 Å². The van der Waals surface area contributed by atoms with Gasteiger partial charge in [-0.25, -0.2) is 4.39 Å². The molecule has 0 bridgehead atoms. The first kappa shape index (κ1) is 12.8. The van der Waals surface area contributed by atoms with Crippen LogP contribution in [0.3, 0.4) is 0 Å². The van der Waals surface area contributed by atoms with E-state index >= 15 is 0 Å². The number of benzene rings is 2. The topological polar surface area (TPSA) is 17.1 Å². The second-order valence-electron chi connectivity index (χ2n) is 4.14. The lowest BCUT2D eigenvalue weighted by molar-refractivity contribution is 0.0987. The van der Waals surface area contributed by atoms with Gasteiger partial charge in [-0.05, 0) is 24.6 Å². The Morgan fingerprint density at radius 3 is 2.17 bits per heavy atom. The van der Waals surface area contributed by atoms with Crippen LogP contribution in [-0.4, -0.2) is 5.78 Å². The van der Waals surface area contributed by atoms with Crippen molar-refractivity contribution in [3.8, 4) is 0 Å². The molecule has 1 atom stereocenters. The fraction of sp³-hybridized carbons (Fsp3) is 0.133. The van der Waals surface area contributed by atoms with Crippen LogP contribution in [0, 0.1) is 12.7 Å². The minimum Gasteiger partial charge on any atom is -0.292 e. The van der Waals surface area contributed by atoms with Crippen LogP contribution < -0.4 is 0 Å². The zero-order valence-corrected chi connectivity index (χ0v) is 10.6. The van der Waals surface area contributed by atoms with Gasteiger partial charge >= 0.3 is 0 Å². The van der Waals surface area contributed by atoms with Gasteiger partial charge < -0.3 is 0 Å². The fourth-order valence-electron chi connectivity index (χ4n) is 1.65. The highest BCUT2D eigenvalue weighted by Gasteiger charge is 2.19. The van der Waals surface area contributed by atoms with E-state index in [4.69, 9.17) is 11.6 Å². The summed E-state index contributed by atoms with van der Waals surface area (Å²) in [5.74, 6) is -0.520. The SMILES string of the molecule is Cc1ccc(C(=O)C(Cl)c2ccc(F)cc2)cc1. The highest BCUT2D eigenvalue weighted by atomic mass is 35.5. The Bertz CT molecular complexity index is 546. The van der Waals surface area contributed by atoms with Gasteiger partial charge in [0.05, 0.1) is 0 Å². The Morgan fingerprint density at radius 1 is 1.06 bits per heavy atom. The Morgan fingerprint density at radius 2 is 1.61 bits per heavy atom. The quantitative estimate of drug-likeness (QED) is 0.595. The molecule has 2 aromatic carbocycles. The summed E-state index contributed by atoms with van der Waals surface area (Å²) < 4.78 is 12.8. The van der Waals surface area contributed by atoms with E-state index in [0.717, 1.165) is 5.56 Å². The lowest BCUT2D eigenvalue weighted by atomic mass is 10.0. The molecule has 0 aromatic heterocycles. The molecule has 1 nitrogen and oxygen atoms in total. The predicted molar refractivity (Wildman–Crippen MR) is 70.5 cm³/mol. The second kappa shape index (κ2) is 5.32. The summed E-state index contributed by atoms with van der Waals surface area (Å²) in [6.07, 6.45) is 0. The molecule has 0 aliphatic rings. The van der Waals surface area contributed by atoms with Crippen LogP contribution in [0.2, 0.25) is 0 Å². The Labute approximate surface area is 110 Å². The molecule has 3 heteroatoms. The summed E-state index contributed by atoms with van der Waals surface area (Å²) in [6, 6.07) is 12.9. The zero-order chi connectivity index (χ0) is 13.1. The maximum absolute atomic E-state index is 12.8. The molecule has 0 radical (unpaired) electrons. The zero-order valence-electron chi connectivity index (χ0n) is 9.86. The highest BCUT2D eigenvalue weighted by Crippen LogP contribution is 2.25. The molecular weight excluding hydrogens is 251 g/mol.